The van der Waals surface area contributed by atoms with Crippen molar-refractivity contribution in [3.05, 3.63) is 71.7 Å². The fourth-order valence-electron chi connectivity index (χ4n) is 3.07. The second kappa shape index (κ2) is 10.2. The van der Waals surface area contributed by atoms with Crippen LogP contribution in [-0.4, -0.2) is 45.9 Å². The lowest BCUT2D eigenvalue weighted by molar-refractivity contribution is 0.102. The predicted molar refractivity (Wildman–Crippen MR) is 131 cm³/mol. The highest BCUT2D eigenvalue weighted by Gasteiger charge is 2.14. The molecular weight excluding hydrogens is 476 g/mol. The van der Waals surface area contributed by atoms with Gasteiger partial charge in [-0.25, -0.2) is 13.4 Å². The Kier molecular flexibility index (Phi) is 7.11. The number of amides is 1. The zero-order valence-electron chi connectivity index (χ0n) is 18.5. The van der Waals surface area contributed by atoms with Crippen molar-refractivity contribution in [2.75, 3.05) is 31.9 Å². The zero-order valence-corrected chi connectivity index (χ0v) is 20.1. The topological polar surface area (TPSA) is 104 Å². The van der Waals surface area contributed by atoms with Gasteiger partial charge in [0.15, 0.2) is 14.8 Å². The molecule has 1 aromatic heterocycles. The summed E-state index contributed by atoms with van der Waals surface area (Å²) >= 11 is 1.30. The smallest absolute Gasteiger partial charge is 0.284 e. The fraction of sp³-hybridized carbons (Fsp3) is 0.167. The number of hydrogen-bond acceptors (Lipinski definition) is 8. The van der Waals surface area contributed by atoms with Crippen molar-refractivity contribution < 1.29 is 27.4 Å². The van der Waals surface area contributed by atoms with Gasteiger partial charge in [-0.1, -0.05) is 12.1 Å². The quantitative estimate of drug-likeness (QED) is 0.332. The summed E-state index contributed by atoms with van der Waals surface area (Å²) in [7, 11) is -1.73. The molecule has 0 saturated heterocycles. The van der Waals surface area contributed by atoms with Crippen LogP contribution in [0.4, 0.5) is 5.69 Å². The van der Waals surface area contributed by atoms with E-state index in [0.29, 0.717) is 41.2 Å². The molecule has 176 valence electrons. The van der Waals surface area contributed by atoms with Gasteiger partial charge in [0.1, 0.15) is 23.9 Å². The molecule has 0 spiro atoms. The van der Waals surface area contributed by atoms with Gasteiger partial charge in [-0.05, 0) is 36.4 Å². The molecule has 34 heavy (non-hydrogen) atoms. The van der Waals surface area contributed by atoms with Gasteiger partial charge in [-0.2, -0.15) is 0 Å². The molecule has 0 unspecified atom stereocenters. The normalized spacial score (nSPS) is 11.4. The van der Waals surface area contributed by atoms with E-state index in [1.807, 2.05) is 24.3 Å². The van der Waals surface area contributed by atoms with Crippen LogP contribution in [0.25, 0.3) is 10.2 Å². The first-order valence-corrected chi connectivity index (χ1v) is 12.9. The first-order chi connectivity index (χ1) is 16.3. The number of para-hydroxylation sites is 1. The maximum Gasteiger partial charge on any atom is 0.284 e. The summed E-state index contributed by atoms with van der Waals surface area (Å²) in [4.78, 5) is 17.4. The Morgan fingerprint density at radius 1 is 0.971 bits per heavy atom. The minimum absolute atomic E-state index is 0.195. The molecule has 0 aliphatic carbocycles. The number of carbonyl (C=O) groups is 1. The molecule has 0 aliphatic heterocycles. The molecule has 0 fully saturated rings. The Morgan fingerprint density at radius 2 is 1.71 bits per heavy atom. The van der Waals surface area contributed by atoms with Crippen LogP contribution in [0.3, 0.4) is 0 Å². The van der Waals surface area contributed by atoms with Gasteiger partial charge in [0.2, 0.25) is 0 Å². The number of anilines is 1. The van der Waals surface area contributed by atoms with Crippen LogP contribution in [0, 0.1) is 0 Å². The highest BCUT2D eigenvalue weighted by Crippen LogP contribution is 2.31. The Balaban J connectivity index is 1.57. The number of benzene rings is 3. The monoisotopic (exact) mass is 498 g/mol. The third-order valence-electron chi connectivity index (χ3n) is 4.67. The molecule has 0 aliphatic rings. The maximum absolute atomic E-state index is 12.8. The zero-order chi connectivity index (χ0) is 24.1. The molecule has 1 amide bonds. The van der Waals surface area contributed by atoms with Crippen LogP contribution in [0.2, 0.25) is 0 Å². The number of rotatable bonds is 9. The van der Waals surface area contributed by atoms with Gasteiger partial charge >= 0.3 is 0 Å². The Hall–Kier alpha value is -3.47. The van der Waals surface area contributed by atoms with Crippen molar-refractivity contribution in [3.63, 3.8) is 0 Å². The molecule has 3 aromatic carbocycles. The minimum atomic E-state index is -3.31. The van der Waals surface area contributed by atoms with Crippen LogP contribution < -0.4 is 14.8 Å². The summed E-state index contributed by atoms with van der Waals surface area (Å²) < 4.78 is 40.9. The highest BCUT2D eigenvalue weighted by molar-refractivity contribution is 7.90. The number of methoxy groups -OCH3 is 1. The van der Waals surface area contributed by atoms with E-state index >= 15 is 0 Å². The molecule has 0 saturated carbocycles. The summed E-state index contributed by atoms with van der Waals surface area (Å²) in [6.07, 6.45) is 1.14. The Bertz CT molecular complexity index is 1380. The second-order valence-electron chi connectivity index (χ2n) is 7.32. The highest BCUT2D eigenvalue weighted by atomic mass is 32.2. The number of nitrogens with one attached hydrogen (secondary N) is 1. The lowest BCUT2D eigenvalue weighted by atomic mass is 10.2. The van der Waals surface area contributed by atoms with E-state index < -0.39 is 9.84 Å². The van der Waals surface area contributed by atoms with Gasteiger partial charge in [-0.15, -0.1) is 11.3 Å². The van der Waals surface area contributed by atoms with Crippen molar-refractivity contribution in [1.29, 1.82) is 0 Å². The number of hydrogen-bond donors (Lipinski definition) is 1. The third kappa shape index (κ3) is 5.90. The van der Waals surface area contributed by atoms with Crippen molar-refractivity contribution in [1.82, 2.24) is 4.98 Å². The molecule has 4 rings (SSSR count). The first kappa shape index (κ1) is 23.7. The summed E-state index contributed by atoms with van der Waals surface area (Å²) in [6.45, 7) is 0.708. The van der Waals surface area contributed by atoms with Crippen molar-refractivity contribution in [2.24, 2.45) is 0 Å². The average Bonchev–Trinajstić information content (AvgIpc) is 3.24. The van der Waals surface area contributed by atoms with Crippen LogP contribution in [-0.2, 0) is 14.6 Å². The lowest BCUT2D eigenvalue weighted by Crippen LogP contribution is -2.12. The molecule has 0 bridgehead atoms. The van der Waals surface area contributed by atoms with Gasteiger partial charge in [0, 0.05) is 37.3 Å². The number of ether oxygens (including phenoxy) is 3. The molecule has 10 heteroatoms. The fourth-order valence-corrected chi connectivity index (χ4v) is 4.57. The molecule has 0 radical (unpaired) electrons. The molecule has 1 N–H and O–H groups in total. The van der Waals surface area contributed by atoms with Crippen LogP contribution >= 0.6 is 11.3 Å². The second-order valence-corrected chi connectivity index (χ2v) is 10.4. The first-order valence-electron chi connectivity index (χ1n) is 10.2. The number of thiazole rings is 1. The molecule has 1 heterocycles. The molecule has 0 atom stereocenters. The van der Waals surface area contributed by atoms with Crippen LogP contribution in [0.15, 0.2) is 71.6 Å². The van der Waals surface area contributed by atoms with Crippen LogP contribution in [0.1, 0.15) is 9.80 Å². The number of fused-ring (bicyclic) bond motifs is 1. The third-order valence-corrected chi connectivity index (χ3v) is 6.83. The van der Waals surface area contributed by atoms with E-state index in [0.717, 1.165) is 16.5 Å². The van der Waals surface area contributed by atoms with Crippen molar-refractivity contribution in [3.8, 4) is 17.2 Å². The predicted octanol–water partition coefficient (Wildman–Crippen LogP) is 4.77. The largest absolute Gasteiger partial charge is 0.491 e. The lowest BCUT2D eigenvalue weighted by Gasteiger charge is -2.13. The van der Waals surface area contributed by atoms with E-state index in [4.69, 9.17) is 14.2 Å². The van der Waals surface area contributed by atoms with Gasteiger partial charge < -0.3 is 19.5 Å². The maximum atomic E-state index is 12.8. The summed E-state index contributed by atoms with van der Waals surface area (Å²) in [5, 5.41) is 3.18. The van der Waals surface area contributed by atoms with E-state index in [1.54, 1.807) is 37.4 Å². The SMILES string of the molecule is COCCOc1cc(NC(=O)c2nc3ccccc3s2)cc(Oc2ccc(S(C)(=O)=O)cc2)c1. The van der Waals surface area contributed by atoms with Crippen molar-refractivity contribution in [2.45, 2.75) is 4.90 Å². The minimum Gasteiger partial charge on any atom is -0.491 e. The summed E-state index contributed by atoms with van der Waals surface area (Å²) in [6, 6.07) is 18.6. The van der Waals surface area contributed by atoms with Crippen LogP contribution in [0.5, 0.6) is 17.2 Å². The van der Waals surface area contributed by atoms with Gasteiger partial charge in [0.05, 0.1) is 21.7 Å². The number of sulfone groups is 1. The summed E-state index contributed by atoms with van der Waals surface area (Å²) in [5.41, 5.74) is 1.22. The molecular formula is C24H22N2O6S2. The van der Waals surface area contributed by atoms with E-state index in [2.05, 4.69) is 10.3 Å². The summed E-state index contributed by atoms with van der Waals surface area (Å²) in [5.74, 6) is 0.965. The van der Waals surface area contributed by atoms with Crippen molar-refractivity contribution >= 4 is 43.0 Å². The van der Waals surface area contributed by atoms with Gasteiger partial charge in [0.25, 0.3) is 5.91 Å². The molecule has 4 aromatic rings. The number of nitrogens with zero attached hydrogens (tertiary/aromatic N) is 1. The Morgan fingerprint density at radius 3 is 2.41 bits per heavy atom. The standard InChI is InChI=1S/C24H22N2O6S2/c1-30-11-12-31-18-13-16(25-23(27)24-26-21-5-3-4-6-22(21)33-24)14-19(15-18)32-17-7-9-20(10-8-17)34(2,28)29/h3-10,13-15H,11-12H2,1-2H3,(H,25,27). The van der Waals surface area contributed by atoms with Gasteiger partial charge in [-0.3, -0.25) is 4.79 Å². The molecule has 8 nitrogen and oxygen atoms in total. The average molecular weight is 499 g/mol. The number of carbonyl (C=O) groups excluding carboxylic acids is 1. The van der Waals surface area contributed by atoms with E-state index in [1.165, 1.54) is 23.5 Å². The van der Waals surface area contributed by atoms with E-state index in [9.17, 15) is 13.2 Å². The Labute approximate surface area is 201 Å². The number of aromatic nitrogens is 1. The van der Waals surface area contributed by atoms with E-state index in [-0.39, 0.29) is 10.8 Å².